The van der Waals surface area contributed by atoms with Crippen LogP contribution in [0.15, 0.2) is 53.4 Å². The predicted molar refractivity (Wildman–Crippen MR) is 85.1 cm³/mol. The van der Waals surface area contributed by atoms with E-state index in [1.165, 1.54) is 42.7 Å². The second-order valence-corrected chi connectivity index (χ2v) is 6.58. The SMILES string of the molecule is OC(CSc1ccccc1F)c1ccccc1C1CCC1. The number of hydrogen-bond donors (Lipinski definition) is 1. The van der Waals surface area contributed by atoms with Crippen LogP contribution in [0.25, 0.3) is 0 Å². The van der Waals surface area contributed by atoms with Crippen LogP contribution in [0.4, 0.5) is 4.39 Å². The fourth-order valence-electron chi connectivity index (χ4n) is 2.73. The Labute approximate surface area is 129 Å². The van der Waals surface area contributed by atoms with Gasteiger partial charge in [-0.1, -0.05) is 42.8 Å². The Morgan fingerprint density at radius 2 is 1.81 bits per heavy atom. The van der Waals surface area contributed by atoms with E-state index >= 15 is 0 Å². The van der Waals surface area contributed by atoms with Gasteiger partial charge in [-0.3, -0.25) is 0 Å². The van der Waals surface area contributed by atoms with Crippen molar-refractivity contribution >= 4 is 11.8 Å². The molecule has 0 amide bonds. The molecule has 21 heavy (non-hydrogen) atoms. The zero-order valence-corrected chi connectivity index (χ0v) is 12.7. The quantitative estimate of drug-likeness (QED) is 0.791. The maximum Gasteiger partial charge on any atom is 0.136 e. The van der Waals surface area contributed by atoms with E-state index in [9.17, 15) is 9.50 Å². The molecule has 3 heteroatoms. The summed E-state index contributed by atoms with van der Waals surface area (Å²) < 4.78 is 13.6. The molecule has 0 spiro atoms. The fourth-order valence-corrected chi connectivity index (χ4v) is 3.62. The highest BCUT2D eigenvalue weighted by atomic mass is 32.2. The lowest BCUT2D eigenvalue weighted by Gasteiger charge is -2.29. The van der Waals surface area contributed by atoms with Gasteiger partial charge in [0.1, 0.15) is 5.82 Å². The van der Waals surface area contributed by atoms with Gasteiger partial charge in [0.2, 0.25) is 0 Å². The number of rotatable bonds is 5. The van der Waals surface area contributed by atoms with E-state index < -0.39 is 6.10 Å². The molecule has 2 aromatic rings. The highest BCUT2D eigenvalue weighted by molar-refractivity contribution is 7.99. The molecule has 0 saturated heterocycles. The van der Waals surface area contributed by atoms with Gasteiger partial charge in [0.25, 0.3) is 0 Å². The number of hydrogen-bond acceptors (Lipinski definition) is 2. The van der Waals surface area contributed by atoms with E-state index in [2.05, 4.69) is 6.07 Å². The van der Waals surface area contributed by atoms with Gasteiger partial charge in [0.05, 0.1) is 6.10 Å². The molecule has 1 aliphatic carbocycles. The molecule has 0 radical (unpaired) electrons. The average molecular weight is 302 g/mol. The zero-order chi connectivity index (χ0) is 14.7. The maximum absolute atomic E-state index is 13.6. The van der Waals surface area contributed by atoms with Gasteiger partial charge in [-0.2, -0.15) is 0 Å². The average Bonchev–Trinajstić information content (AvgIpc) is 2.45. The number of aliphatic hydroxyl groups excluding tert-OH is 1. The third kappa shape index (κ3) is 3.30. The predicted octanol–water partition coefficient (Wildman–Crippen LogP) is 4.92. The van der Waals surface area contributed by atoms with Crippen LogP contribution in [0, 0.1) is 5.82 Å². The summed E-state index contributed by atoms with van der Waals surface area (Å²) in [5.41, 5.74) is 2.27. The van der Waals surface area contributed by atoms with Gasteiger partial charge in [0.15, 0.2) is 0 Å². The number of aliphatic hydroxyl groups is 1. The van der Waals surface area contributed by atoms with Gasteiger partial charge < -0.3 is 5.11 Å². The minimum absolute atomic E-state index is 0.220. The number of halogens is 1. The van der Waals surface area contributed by atoms with Crippen molar-refractivity contribution in [2.75, 3.05) is 5.75 Å². The maximum atomic E-state index is 13.6. The molecule has 1 fully saturated rings. The summed E-state index contributed by atoms with van der Waals surface area (Å²) in [5, 5.41) is 10.5. The van der Waals surface area contributed by atoms with Crippen LogP contribution in [0.5, 0.6) is 0 Å². The highest BCUT2D eigenvalue weighted by Crippen LogP contribution is 2.40. The summed E-state index contributed by atoms with van der Waals surface area (Å²) in [4.78, 5) is 0.595. The smallest absolute Gasteiger partial charge is 0.136 e. The van der Waals surface area contributed by atoms with E-state index in [0.29, 0.717) is 16.6 Å². The fraction of sp³-hybridized carbons (Fsp3) is 0.333. The van der Waals surface area contributed by atoms with Crippen molar-refractivity contribution in [1.29, 1.82) is 0 Å². The molecule has 1 unspecified atom stereocenters. The largest absolute Gasteiger partial charge is 0.388 e. The minimum atomic E-state index is -0.550. The zero-order valence-electron chi connectivity index (χ0n) is 11.8. The van der Waals surface area contributed by atoms with Gasteiger partial charge in [-0.25, -0.2) is 4.39 Å². The molecule has 1 saturated carbocycles. The van der Waals surface area contributed by atoms with E-state index in [4.69, 9.17) is 0 Å². The lowest BCUT2D eigenvalue weighted by Crippen LogP contribution is -2.14. The summed E-state index contributed by atoms with van der Waals surface area (Å²) in [6.45, 7) is 0. The summed E-state index contributed by atoms with van der Waals surface area (Å²) in [6, 6.07) is 14.8. The summed E-state index contributed by atoms with van der Waals surface area (Å²) in [7, 11) is 0. The van der Waals surface area contributed by atoms with Crippen molar-refractivity contribution in [2.45, 2.75) is 36.2 Å². The first-order valence-electron chi connectivity index (χ1n) is 7.40. The van der Waals surface area contributed by atoms with Crippen LogP contribution >= 0.6 is 11.8 Å². The Morgan fingerprint density at radius 1 is 1.10 bits per heavy atom. The number of benzene rings is 2. The molecule has 1 N–H and O–H groups in total. The van der Waals surface area contributed by atoms with Crippen LogP contribution in [0.3, 0.4) is 0 Å². The Hall–Kier alpha value is -1.32. The van der Waals surface area contributed by atoms with Crippen LogP contribution < -0.4 is 0 Å². The first-order chi connectivity index (χ1) is 10.3. The van der Waals surface area contributed by atoms with E-state index in [-0.39, 0.29) is 5.82 Å². The first kappa shape index (κ1) is 14.6. The molecule has 1 aliphatic rings. The molecule has 3 rings (SSSR count). The molecule has 110 valence electrons. The van der Waals surface area contributed by atoms with Crippen molar-refractivity contribution in [2.24, 2.45) is 0 Å². The van der Waals surface area contributed by atoms with Gasteiger partial charge >= 0.3 is 0 Å². The molecule has 0 heterocycles. The molecule has 0 aromatic heterocycles. The second-order valence-electron chi connectivity index (χ2n) is 5.51. The third-order valence-electron chi connectivity index (χ3n) is 4.13. The van der Waals surface area contributed by atoms with Crippen molar-refractivity contribution in [3.8, 4) is 0 Å². The Bertz CT molecular complexity index is 610. The molecule has 1 atom stereocenters. The number of thioether (sulfide) groups is 1. The normalized spacial score (nSPS) is 16.5. The molecule has 0 bridgehead atoms. The van der Waals surface area contributed by atoms with Gasteiger partial charge in [-0.15, -0.1) is 11.8 Å². The van der Waals surface area contributed by atoms with Crippen molar-refractivity contribution in [1.82, 2.24) is 0 Å². The lowest BCUT2D eigenvalue weighted by molar-refractivity contribution is 0.201. The lowest BCUT2D eigenvalue weighted by atomic mass is 9.77. The van der Waals surface area contributed by atoms with E-state index in [1.807, 2.05) is 24.3 Å². The monoisotopic (exact) mass is 302 g/mol. The summed E-state index contributed by atoms with van der Waals surface area (Å²) in [5.74, 6) is 0.848. The Kier molecular flexibility index (Phi) is 4.61. The summed E-state index contributed by atoms with van der Waals surface area (Å²) >= 11 is 1.37. The van der Waals surface area contributed by atoms with Crippen molar-refractivity contribution < 1.29 is 9.50 Å². The molecular weight excluding hydrogens is 283 g/mol. The Morgan fingerprint density at radius 3 is 2.52 bits per heavy atom. The van der Waals surface area contributed by atoms with Gasteiger partial charge in [-0.05, 0) is 42.0 Å². The molecular formula is C18H19FOS. The molecule has 2 aromatic carbocycles. The Balaban J connectivity index is 1.71. The van der Waals surface area contributed by atoms with Crippen LogP contribution in [-0.2, 0) is 0 Å². The van der Waals surface area contributed by atoms with Gasteiger partial charge in [0, 0.05) is 10.6 Å². The van der Waals surface area contributed by atoms with Crippen LogP contribution in [0.1, 0.15) is 42.4 Å². The van der Waals surface area contributed by atoms with E-state index in [0.717, 1.165) is 5.56 Å². The summed E-state index contributed by atoms with van der Waals surface area (Å²) in [6.07, 6.45) is 3.15. The highest BCUT2D eigenvalue weighted by Gasteiger charge is 2.24. The van der Waals surface area contributed by atoms with E-state index in [1.54, 1.807) is 12.1 Å². The van der Waals surface area contributed by atoms with Crippen molar-refractivity contribution in [3.63, 3.8) is 0 Å². The minimum Gasteiger partial charge on any atom is -0.388 e. The molecule has 1 nitrogen and oxygen atoms in total. The third-order valence-corrected chi connectivity index (χ3v) is 5.26. The second kappa shape index (κ2) is 6.63. The standard InChI is InChI=1S/C18H19FOS/c19-16-10-3-4-11-18(16)21-12-17(20)15-9-2-1-8-14(15)13-6-5-7-13/h1-4,8-11,13,17,20H,5-7,12H2. The first-order valence-corrected chi connectivity index (χ1v) is 8.38. The topological polar surface area (TPSA) is 20.2 Å². The van der Waals surface area contributed by atoms with Crippen LogP contribution in [-0.4, -0.2) is 10.9 Å². The van der Waals surface area contributed by atoms with Crippen molar-refractivity contribution in [3.05, 3.63) is 65.5 Å². The molecule has 0 aliphatic heterocycles. The van der Waals surface area contributed by atoms with Crippen LogP contribution in [0.2, 0.25) is 0 Å².